The van der Waals surface area contributed by atoms with Crippen LogP contribution < -0.4 is 5.32 Å². The van der Waals surface area contributed by atoms with Crippen LogP contribution in [0.3, 0.4) is 0 Å². The molecule has 1 aromatic rings. The molecule has 0 bridgehead atoms. The molecular weight excluding hydrogens is 308 g/mol. The molecule has 22 heavy (non-hydrogen) atoms. The standard InChI is InChI=1S/C14H12N2O5S/c17-12(18)5-10-13(19)16-11(22-10)7-15-6-8-3-1-2-4-9(8)14(20)21/h1-4,6-7,10H,5H2,(H,16,19)(H,17,18)(H,20,21)/b11-7+,15-6?. The Morgan fingerprint density at radius 1 is 1.32 bits per heavy atom. The first-order valence-electron chi connectivity index (χ1n) is 6.22. The van der Waals surface area contributed by atoms with Gasteiger partial charge in [-0.2, -0.15) is 0 Å². The second-order valence-corrected chi connectivity index (χ2v) is 5.60. The van der Waals surface area contributed by atoms with Crippen molar-refractivity contribution >= 4 is 35.8 Å². The zero-order chi connectivity index (χ0) is 16.1. The maximum atomic E-state index is 11.5. The molecule has 1 aromatic carbocycles. The number of benzene rings is 1. The van der Waals surface area contributed by atoms with Gasteiger partial charge in [0.15, 0.2) is 0 Å². The number of thioether (sulfide) groups is 1. The lowest BCUT2D eigenvalue weighted by Crippen LogP contribution is -2.24. The van der Waals surface area contributed by atoms with Gasteiger partial charge in [0.2, 0.25) is 5.91 Å². The van der Waals surface area contributed by atoms with Crippen molar-refractivity contribution < 1.29 is 24.6 Å². The second kappa shape index (κ2) is 6.90. The summed E-state index contributed by atoms with van der Waals surface area (Å²) in [4.78, 5) is 37.2. The zero-order valence-electron chi connectivity index (χ0n) is 11.2. The Kier molecular flexibility index (Phi) is 4.95. The molecule has 1 saturated heterocycles. The minimum atomic E-state index is -1.06. The Morgan fingerprint density at radius 2 is 2.05 bits per heavy atom. The molecule has 1 amide bonds. The molecule has 0 saturated carbocycles. The van der Waals surface area contributed by atoms with Crippen LogP contribution >= 0.6 is 11.8 Å². The van der Waals surface area contributed by atoms with Gasteiger partial charge in [0.25, 0.3) is 0 Å². The number of aromatic carboxylic acids is 1. The van der Waals surface area contributed by atoms with Gasteiger partial charge in [0.05, 0.1) is 23.2 Å². The Bertz CT molecular complexity index is 684. The predicted molar refractivity (Wildman–Crippen MR) is 80.9 cm³/mol. The summed E-state index contributed by atoms with van der Waals surface area (Å²) in [5.41, 5.74) is 0.555. The third-order valence-electron chi connectivity index (χ3n) is 2.76. The highest BCUT2D eigenvalue weighted by Crippen LogP contribution is 2.28. The number of nitrogens with zero attached hydrogens (tertiary/aromatic N) is 1. The lowest BCUT2D eigenvalue weighted by Gasteiger charge is -1.99. The lowest BCUT2D eigenvalue weighted by molar-refractivity contribution is -0.138. The minimum absolute atomic E-state index is 0.122. The first kappa shape index (κ1) is 15.8. The summed E-state index contributed by atoms with van der Waals surface area (Å²) < 4.78 is 0. The SMILES string of the molecule is O=C(O)CC1S/C(=C/N=Cc2ccccc2C(=O)O)NC1=O. The average molecular weight is 320 g/mol. The number of carbonyl (C=O) groups is 3. The number of hydrogen-bond donors (Lipinski definition) is 3. The van der Waals surface area contributed by atoms with Crippen molar-refractivity contribution in [2.45, 2.75) is 11.7 Å². The number of carbonyl (C=O) groups excluding carboxylic acids is 1. The molecule has 1 aliphatic rings. The Balaban J connectivity index is 2.08. The van der Waals surface area contributed by atoms with Gasteiger partial charge in [-0.3, -0.25) is 14.6 Å². The minimum Gasteiger partial charge on any atom is -0.481 e. The zero-order valence-corrected chi connectivity index (χ0v) is 12.0. The van der Waals surface area contributed by atoms with Crippen LogP contribution in [-0.2, 0) is 9.59 Å². The van der Waals surface area contributed by atoms with Gasteiger partial charge in [-0.25, -0.2) is 4.79 Å². The summed E-state index contributed by atoms with van der Waals surface area (Å²) in [5, 5.41) is 20.0. The number of nitrogens with one attached hydrogen (secondary N) is 1. The van der Waals surface area contributed by atoms with E-state index in [0.717, 1.165) is 11.8 Å². The van der Waals surface area contributed by atoms with Crippen LogP contribution in [-0.4, -0.2) is 39.5 Å². The highest BCUT2D eigenvalue weighted by Gasteiger charge is 2.30. The van der Waals surface area contributed by atoms with Crippen LogP contribution in [0.4, 0.5) is 0 Å². The van der Waals surface area contributed by atoms with E-state index in [1.165, 1.54) is 18.5 Å². The number of rotatable bonds is 5. The van der Waals surface area contributed by atoms with Crippen LogP contribution in [0.1, 0.15) is 22.3 Å². The maximum Gasteiger partial charge on any atom is 0.336 e. The molecule has 1 aliphatic heterocycles. The van der Waals surface area contributed by atoms with Gasteiger partial charge in [-0.15, -0.1) is 0 Å². The van der Waals surface area contributed by atoms with Crippen molar-refractivity contribution in [1.82, 2.24) is 5.32 Å². The van der Waals surface area contributed by atoms with Crippen LogP contribution in [0.5, 0.6) is 0 Å². The lowest BCUT2D eigenvalue weighted by atomic mass is 10.1. The van der Waals surface area contributed by atoms with Crippen LogP contribution in [0.2, 0.25) is 0 Å². The molecular formula is C14H12N2O5S. The number of aliphatic imine (C=N–C) groups is 1. The van der Waals surface area contributed by atoms with E-state index in [2.05, 4.69) is 10.3 Å². The van der Waals surface area contributed by atoms with Gasteiger partial charge >= 0.3 is 11.9 Å². The fourth-order valence-electron chi connectivity index (χ4n) is 1.78. The van der Waals surface area contributed by atoms with Crippen LogP contribution in [0.25, 0.3) is 0 Å². The van der Waals surface area contributed by atoms with E-state index >= 15 is 0 Å². The van der Waals surface area contributed by atoms with Crippen molar-refractivity contribution in [3.8, 4) is 0 Å². The number of carboxylic acid groups (broad SMARTS) is 2. The Morgan fingerprint density at radius 3 is 2.73 bits per heavy atom. The molecule has 0 spiro atoms. The Hall–Kier alpha value is -2.61. The average Bonchev–Trinajstić information content (AvgIpc) is 2.78. The summed E-state index contributed by atoms with van der Waals surface area (Å²) in [6.45, 7) is 0. The number of carboxylic acids is 2. The van der Waals surface area contributed by atoms with E-state index in [4.69, 9.17) is 10.2 Å². The van der Waals surface area contributed by atoms with Crippen molar-refractivity contribution in [3.63, 3.8) is 0 Å². The smallest absolute Gasteiger partial charge is 0.336 e. The molecule has 0 aliphatic carbocycles. The third-order valence-corrected chi connectivity index (χ3v) is 3.89. The fourth-order valence-corrected chi connectivity index (χ4v) is 2.76. The van der Waals surface area contributed by atoms with Gasteiger partial charge in [-0.05, 0) is 6.07 Å². The third kappa shape index (κ3) is 3.95. The van der Waals surface area contributed by atoms with Crippen LogP contribution in [0, 0.1) is 0 Å². The van der Waals surface area contributed by atoms with E-state index in [1.54, 1.807) is 18.2 Å². The molecule has 7 nitrogen and oxygen atoms in total. The first-order valence-corrected chi connectivity index (χ1v) is 7.10. The monoisotopic (exact) mass is 320 g/mol. The van der Waals surface area contributed by atoms with Crippen molar-refractivity contribution in [1.29, 1.82) is 0 Å². The van der Waals surface area contributed by atoms with Crippen LogP contribution in [0.15, 0.2) is 40.5 Å². The number of amides is 1. The summed E-state index contributed by atoms with van der Waals surface area (Å²) in [6, 6.07) is 6.38. The quantitative estimate of drug-likeness (QED) is 0.704. The molecule has 114 valence electrons. The summed E-state index contributed by atoms with van der Waals surface area (Å²) in [6.07, 6.45) is 2.47. The largest absolute Gasteiger partial charge is 0.481 e. The molecule has 1 fully saturated rings. The van der Waals surface area contributed by atoms with Gasteiger partial charge < -0.3 is 15.5 Å². The van der Waals surface area contributed by atoms with E-state index in [9.17, 15) is 14.4 Å². The van der Waals surface area contributed by atoms with Crippen molar-refractivity contribution in [2.24, 2.45) is 4.99 Å². The van der Waals surface area contributed by atoms with E-state index in [0.29, 0.717) is 10.6 Å². The van der Waals surface area contributed by atoms with E-state index in [-0.39, 0.29) is 17.9 Å². The maximum absolute atomic E-state index is 11.5. The number of aliphatic carboxylic acids is 1. The molecule has 3 N–H and O–H groups in total. The van der Waals surface area contributed by atoms with Gasteiger partial charge in [0, 0.05) is 11.8 Å². The van der Waals surface area contributed by atoms with E-state index in [1.807, 2.05) is 0 Å². The fraction of sp³-hybridized carbons (Fsp3) is 0.143. The van der Waals surface area contributed by atoms with Gasteiger partial charge in [-0.1, -0.05) is 30.0 Å². The number of hydrogen-bond acceptors (Lipinski definition) is 5. The highest BCUT2D eigenvalue weighted by atomic mass is 32.2. The molecule has 0 aromatic heterocycles. The van der Waals surface area contributed by atoms with Gasteiger partial charge in [0.1, 0.15) is 5.25 Å². The molecule has 8 heteroatoms. The summed E-state index contributed by atoms with van der Waals surface area (Å²) in [5.74, 6) is -2.48. The first-order chi connectivity index (χ1) is 10.5. The summed E-state index contributed by atoms with van der Waals surface area (Å²) >= 11 is 1.08. The Labute approximate surface area is 129 Å². The molecule has 1 atom stereocenters. The summed E-state index contributed by atoms with van der Waals surface area (Å²) in [7, 11) is 0. The highest BCUT2D eigenvalue weighted by molar-refractivity contribution is 8.04. The predicted octanol–water partition coefficient (Wildman–Crippen LogP) is 1.31. The molecule has 2 rings (SSSR count). The van der Waals surface area contributed by atoms with Crippen molar-refractivity contribution in [3.05, 3.63) is 46.6 Å². The second-order valence-electron chi connectivity index (χ2n) is 4.36. The van der Waals surface area contributed by atoms with E-state index < -0.39 is 17.2 Å². The molecule has 1 heterocycles. The molecule has 0 radical (unpaired) electrons. The van der Waals surface area contributed by atoms with Crippen molar-refractivity contribution in [2.75, 3.05) is 0 Å². The normalized spacial score (nSPS) is 19.5. The molecule has 1 unspecified atom stereocenters. The topological polar surface area (TPSA) is 116 Å².